The number of nitrogens with zero attached hydrogens (tertiary/aromatic N) is 2. The summed E-state index contributed by atoms with van der Waals surface area (Å²) in [6, 6.07) is 0.479. The number of fused-ring (bicyclic) bond motifs is 3. The molecule has 2 fully saturated rings. The number of nitrogens with one attached hydrogen (secondary N) is 1. The van der Waals surface area contributed by atoms with Crippen molar-refractivity contribution in [1.29, 1.82) is 0 Å². The lowest BCUT2D eigenvalue weighted by atomic mass is 9.78. The van der Waals surface area contributed by atoms with Crippen molar-refractivity contribution in [2.45, 2.75) is 75.9 Å². The van der Waals surface area contributed by atoms with Gasteiger partial charge in [0.1, 0.15) is 17.0 Å². The highest BCUT2D eigenvalue weighted by Crippen LogP contribution is 2.42. The summed E-state index contributed by atoms with van der Waals surface area (Å²) in [5, 5.41) is 5.09. The smallest absolute Gasteiger partial charge is 0.138 e. The van der Waals surface area contributed by atoms with E-state index in [1.165, 1.54) is 67.2 Å². The number of rotatable bonds is 2. The molecular weight excluding hydrogens is 318 g/mol. The minimum Gasteiger partial charge on any atom is -0.375 e. The first kappa shape index (κ1) is 15.1. The lowest BCUT2D eigenvalue weighted by Crippen LogP contribution is -2.45. The maximum Gasteiger partial charge on any atom is 0.138 e. The largest absolute Gasteiger partial charge is 0.375 e. The van der Waals surface area contributed by atoms with E-state index in [2.05, 4.69) is 15.3 Å². The normalized spacial score (nSPS) is 25.9. The zero-order valence-corrected chi connectivity index (χ0v) is 15.0. The van der Waals surface area contributed by atoms with E-state index >= 15 is 0 Å². The molecule has 4 nitrogen and oxygen atoms in total. The monoisotopic (exact) mass is 343 g/mol. The van der Waals surface area contributed by atoms with Gasteiger partial charge in [0, 0.05) is 17.5 Å². The topological polar surface area (TPSA) is 47.0 Å². The van der Waals surface area contributed by atoms with Crippen LogP contribution in [0.1, 0.15) is 61.8 Å². The van der Waals surface area contributed by atoms with Crippen LogP contribution in [0.4, 0.5) is 5.82 Å². The summed E-state index contributed by atoms with van der Waals surface area (Å²) in [5.41, 5.74) is 1.65. The van der Waals surface area contributed by atoms with Gasteiger partial charge in [0.25, 0.3) is 0 Å². The first-order chi connectivity index (χ1) is 11.8. The summed E-state index contributed by atoms with van der Waals surface area (Å²) in [4.78, 5) is 11.8. The second-order valence-electron chi connectivity index (χ2n) is 7.69. The molecule has 1 spiro atoms. The standard InChI is InChI=1S/C19H25N3OS/c1-2-8-19(9-3-1)11-13(7-10-23-19)22-17-16-14-5-4-6-15(14)24-18(16)21-12-20-17/h12-13H,1-11H2,(H,20,21,22). The van der Waals surface area contributed by atoms with E-state index in [1.807, 2.05) is 11.3 Å². The van der Waals surface area contributed by atoms with Crippen LogP contribution in [-0.2, 0) is 17.6 Å². The quantitative estimate of drug-likeness (QED) is 0.874. The van der Waals surface area contributed by atoms with Crippen molar-refractivity contribution in [3.63, 3.8) is 0 Å². The Morgan fingerprint density at radius 1 is 1.12 bits per heavy atom. The lowest BCUT2D eigenvalue weighted by molar-refractivity contribution is -0.103. The van der Waals surface area contributed by atoms with Crippen LogP contribution in [0.2, 0.25) is 0 Å². The first-order valence-electron chi connectivity index (χ1n) is 9.49. The predicted octanol–water partition coefficient (Wildman–Crippen LogP) is 4.47. The molecule has 1 unspecified atom stereocenters. The zero-order valence-electron chi connectivity index (χ0n) is 14.1. The molecule has 1 saturated heterocycles. The van der Waals surface area contributed by atoms with Gasteiger partial charge in [-0.15, -0.1) is 11.3 Å². The van der Waals surface area contributed by atoms with Crippen molar-refractivity contribution in [1.82, 2.24) is 9.97 Å². The van der Waals surface area contributed by atoms with E-state index in [1.54, 1.807) is 6.33 Å². The second-order valence-corrected chi connectivity index (χ2v) is 8.77. The molecule has 128 valence electrons. The fourth-order valence-electron chi connectivity index (χ4n) is 4.93. The van der Waals surface area contributed by atoms with Gasteiger partial charge in [-0.2, -0.15) is 0 Å². The molecule has 0 radical (unpaired) electrons. The van der Waals surface area contributed by atoms with Crippen LogP contribution in [0.5, 0.6) is 0 Å². The number of anilines is 1. The van der Waals surface area contributed by atoms with E-state index in [0.717, 1.165) is 30.1 Å². The highest BCUT2D eigenvalue weighted by atomic mass is 32.1. The van der Waals surface area contributed by atoms with E-state index < -0.39 is 0 Å². The Kier molecular flexibility index (Phi) is 3.74. The van der Waals surface area contributed by atoms with Gasteiger partial charge in [0.05, 0.1) is 11.0 Å². The molecule has 0 aromatic carbocycles. The lowest BCUT2D eigenvalue weighted by Gasteiger charge is -2.43. The van der Waals surface area contributed by atoms with Gasteiger partial charge in [-0.3, -0.25) is 0 Å². The highest BCUT2D eigenvalue weighted by Gasteiger charge is 2.38. The maximum atomic E-state index is 6.25. The number of aryl methyl sites for hydroxylation is 2. The third-order valence-corrected chi connectivity index (χ3v) is 7.30. The minimum atomic E-state index is 0.136. The Morgan fingerprint density at radius 2 is 2.04 bits per heavy atom. The van der Waals surface area contributed by atoms with Crippen LogP contribution in [0, 0.1) is 0 Å². The Balaban J connectivity index is 1.42. The summed E-state index contributed by atoms with van der Waals surface area (Å²) < 4.78 is 6.25. The summed E-state index contributed by atoms with van der Waals surface area (Å²) in [6.07, 6.45) is 14.1. The molecule has 2 aromatic rings. The third-order valence-electron chi connectivity index (χ3n) is 6.10. The van der Waals surface area contributed by atoms with Gasteiger partial charge < -0.3 is 10.1 Å². The number of ether oxygens (including phenoxy) is 1. The van der Waals surface area contributed by atoms with Crippen molar-refractivity contribution in [2.75, 3.05) is 11.9 Å². The summed E-state index contributed by atoms with van der Waals surface area (Å²) in [5.74, 6) is 1.07. The van der Waals surface area contributed by atoms with Crippen LogP contribution < -0.4 is 5.32 Å². The molecule has 1 N–H and O–H groups in total. The average Bonchev–Trinajstić information content (AvgIpc) is 3.17. The van der Waals surface area contributed by atoms with Gasteiger partial charge in [0.15, 0.2) is 0 Å². The Bertz CT molecular complexity index is 745. The van der Waals surface area contributed by atoms with Crippen LogP contribution >= 0.6 is 11.3 Å². The molecule has 1 atom stereocenters. The number of aromatic nitrogens is 2. The minimum absolute atomic E-state index is 0.136. The molecule has 3 heterocycles. The predicted molar refractivity (Wildman–Crippen MR) is 97.9 cm³/mol. The highest BCUT2D eigenvalue weighted by molar-refractivity contribution is 7.19. The van der Waals surface area contributed by atoms with Gasteiger partial charge in [-0.05, 0) is 50.5 Å². The molecule has 1 saturated carbocycles. The molecule has 5 rings (SSSR count). The summed E-state index contributed by atoms with van der Waals surface area (Å²) >= 11 is 1.87. The fourth-order valence-corrected chi connectivity index (χ4v) is 6.16. The molecule has 2 aliphatic carbocycles. The Labute approximate surface area is 147 Å². The second kappa shape index (κ2) is 5.95. The molecule has 1 aliphatic heterocycles. The molecule has 0 bridgehead atoms. The van der Waals surface area contributed by atoms with Crippen molar-refractivity contribution >= 4 is 27.4 Å². The van der Waals surface area contributed by atoms with Crippen molar-refractivity contribution < 1.29 is 4.74 Å². The van der Waals surface area contributed by atoms with Gasteiger partial charge in [0.2, 0.25) is 0 Å². The van der Waals surface area contributed by atoms with E-state index in [0.29, 0.717) is 6.04 Å². The van der Waals surface area contributed by atoms with Crippen LogP contribution in [0.15, 0.2) is 6.33 Å². The first-order valence-corrected chi connectivity index (χ1v) is 10.3. The average molecular weight is 343 g/mol. The van der Waals surface area contributed by atoms with Crippen molar-refractivity contribution in [2.24, 2.45) is 0 Å². The Hall–Kier alpha value is -1.20. The van der Waals surface area contributed by atoms with Gasteiger partial charge >= 0.3 is 0 Å². The van der Waals surface area contributed by atoms with Gasteiger partial charge in [-0.1, -0.05) is 19.3 Å². The Morgan fingerprint density at radius 3 is 2.96 bits per heavy atom. The SMILES string of the molecule is c1nc(NC2CCOC3(CCCCC3)C2)c2c3c(sc2n1)CCC3. The molecule has 5 heteroatoms. The van der Waals surface area contributed by atoms with Crippen molar-refractivity contribution in [3.05, 3.63) is 16.8 Å². The summed E-state index contributed by atoms with van der Waals surface area (Å²) in [6.45, 7) is 0.883. The van der Waals surface area contributed by atoms with Crippen molar-refractivity contribution in [3.8, 4) is 0 Å². The van der Waals surface area contributed by atoms with E-state index in [-0.39, 0.29) is 5.60 Å². The van der Waals surface area contributed by atoms with E-state index in [9.17, 15) is 0 Å². The number of thiophene rings is 1. The number of hydrogen-bond donors (Lipinski definition) is 1. The van der Waals surface area contributed by atoms with Gasteiger partial charge in [-0.25, -0.2) is 9.97 Å². The van der Waals surface area contributed by atoms with E-state index in [4.69, 9.17) is 4.74 Å². The molecular formula is C19H25N3OS. The maximum absolute atomic E-state index is 6.25. The summed E-state index contributed by atoms with van der Waals surface area (Å²) in [7, 11) is 0. The zero-order chi connectivity index (χ0) is 16.0. The fraction of sp³-hybridized carbons (Fsp3) is 0.684. The molecule has 24 heavy (non-hydrogen) atoms. The third kappa shape index (κ3) is 2.53. The molecule has 3 aliphatic rings. The number of hydrogen-bond acceptors (Lipinski definition) is 5. The van der Waals surface area contributed by atoms with Crippen LogP contribution in [-0.4, -0.2) is 28.2 Å². The molecule has 2 aromatic heterocycles. The van der Waals surface area contributed by atoms with Crippen LogP contribution in [0.3, 0.4) is 0 Å². The molecule has 0 amide bonds. The van der Waals surface area contributed by atoms with Crippen LogP contribution in [0.25, 0.3) is 10.2 Å².